The highest BCUT2D eigenvalue weighted by atomic mass is 19.4. The third-order valence-corrected chi connectivity index (χ3v) is 2.93. The number of pyridine rings is 1. The molecule has 0 bridgehead atoms. The maximum absolute atomic E-state index is 13.6. The Labute approximate surface area is 127 Å². The van der Waals surface area contributed by atoms with Crippen LogP contribution in [0.1, 0.15) is 22.0 Å². The van der Waals surface area contributed by atoms with Crippen molar-refractivity contribution >= 4 is 11.7 Å². The van der Waals surface area contributed by atoms with Crippen molar-refractivity contribution in [1.29, 1.82) is 0 Å². The van der Waals surface area contributed by atoms with Gasteiger partial charge in [0.1, 0.15) is 17.5 Å². The molecule has 1 unspecified atom stereocenters. The summed E-state index contributed by atoms with van der Waals surface area (Å²) in [6.07, 6.45) is -3.98. The number of hydrogen-bond acceptors (Lipinski definition) is 3. The number of nitrogens with zero attached hydrogens (tertiary/aromatic N) is 1. The Morgan fingerprint density at radius 3 is 2.30 bits per heavy atom. The summed E-state index contributed by atoms with van der Waals surface area (Å²) < 4.78 is 66.7. The predicted octanol–water partition coefficient (Wildman–Crippen LogP) is 2.98. The Kier molecular flexibility index (Phi) is 4.48. The molecule has 1 atom stereocenters. The first-order valence-electron chi connectivity index (χ1n) is 6.23. The number of anilines is 1. The molecule has 23 heavy (non-hydrogen) atoms. The van der Waals surface area contributed by atoms with Crippen molar-refractivity contribution in [2.45, 2.75) is 12.2 Å². The molecule has 0 fully saturated rings. The quantitative estimate of drug-likeness (QED) is 0.850. The van der Waals surface area contributed by atoms with Gasteiger partial charge >= 0.3 is 6.18 Å². The van der Waals surface area contributed by atoms with E-state index in [9.17, 15) is 26.7 Å². The second kappa shape index (κ2) is 6.19. The normalized spacial score (nSPS) is 12.7. The molecule has 0 aliphatic heterocycles. The van der Waals surface area contributed by atoms with Crippen LogP contribution in [0.2, 0.25) is 0 Å². The second-order valence-corrected chi connectivity index (χ2v) is 4.55. The number of nitrogen functional groups attached to an aromatic ring is 1. The van der Waals surface area contributed by atoms with Gasteiger partial charge in [0.05, 0.1) is 5.56 Å². The predicted molar refractivity (Wildman–Crippen MR) is 71.3 cm³/mol. The molecule has 1 heterocycles. The average Bonchev–Trinajstić information content (AvgIpc) is 2.44. The number of benzene rings is 1. The van der Waals surface area contributed by atoms with Crippen LogP contribution in [-0.4, -0.2) is 17.1 Å². The smallest absolute Gasteiger partial charge is 0.384 e. The monoisotopic (exact) mass is 331 g/mol. The van der Waals surface area contributed by atoms with Gasteiger partial charge in [0.15, 0.2) is 6.04 Å². The second-order valence-electron chi connectivity index (χ2n) is 4.55. The van der Waals surface area contributed by atoms with Crippen LogP contribution >= 0.6 is 0 Å². The van der Waals surface area contributed by atoms with Crippen molar-refractivity contribution in [3.63, 3.8) is 0 Å². The minimum absolute atomic E-state index is 0.0849. The highest BCUT2D eigenvalue weighted by Crippen LogP contribution is 2.35. The molecule has 4 nitrogen and oxygen atoms in total. The number of nitrogens with one attached hydrogen (secondary N) is 1. The number of nitrogens with two attached hydrogens (primary N) is 1. The summed E-state index contributed by atoms with van der Waals surface area (Å²) in [5, 5.41) is 1.57. The molecule has 0 saturated carbocycles. The van der Waals surface area contributed by atoms with Crippen molar-refractivity contribution in [1.82, 2.24) is 10.3 Å². The van der Waals surface area contributed by atoms with Crippen LogP contribution in [0.3, 0.4) is 0 Å². The van der Waals surface area contributed by atoms with Crippen molar-refractivity contribution in [3.8, 4) is 0 Å². The molecular weight excluding hydrogens is 321 g/mol. The molecular formula is C14H10F5N3O. The van der Waals surface area contributed by atoms with Gasteiger partial charge in [0, 0.05) is 11.8 Å². The summed E-state index contributed by atoms with van der Waals surface area (Å²) in [5.74, 6) is -4.11. The largest absolute Gasteiger partial charge is 0.413 e. The Morgan fingerprint density at radius 1 is 1.17 bits per heavy atom. The minimum atomic E-state index is -5.10. The van der Waals surface area contributed by atoms with Crippen molar-refractivity contribution < 1.29 is 26.7 Å². The number of alkyl halides is 3. The first-order chi connectivity index (χ1) is 10.7. The molecule has 1 amide bonds. The number of carbonyl (C=O) groups excluding carboxylic acids is 1. The molecule has 2 rings (SSSR count). The first kappa shape index (κ1) is 16.7. The van der Waals surface area contributed by atoms with Crippen LogP contribution in [0.15, 0.2) is 36.5 Å². The lowest BCUT2D eigenvalue weighted by atomic mass is 10.0. The summed E-state index contributed by atoms with van der Waals surface area (Å²) in [4.78, 5) is 15.5. The molecule has 9 heteroatoms. The van der Waals surface area contributed by atoms with Crippen LogP contribution < -0.4 is 11.1 Å². The number of aromatic nitrogens is 1. The van der Waals surface area contributed by atoms with Gasteiger partial charge in [-0.1, -0.05) is 6.07 Å². The fraction of sp³-hybridized carbons (Fsp3) is 0.143. The van der Waals surface area contributed by atoms with E-state index in [1.165, 1.54) is 0 Å². The van der Waals surface area contributed by atoms with E-state index in [2.05, 4.69) is 4.98 Å². The van der Waals surface area contributed by atoms with E-state index in [-0.39, 0.29) is 11.4 Å². The van der Waals surface area contributed by atoms with Crippen LogP contribution in [0.4, 0.5) is 27.8 Å². The summed E-state index contributed by atoms with van der Waals surface area (Å²) >= 11 is 0. The SMILES string of the molecule is Nc1cc(C(=O)NC(c2c(F)cccc2F)C(F)(F)F)ccn1. The lowest BCUT2D eigenvalue weighted by molar-refractivity contribution is -0.156. The lowest BCUT2D eigenvalue weighted by Crippen LogP contribution is -2.39. The third kappa shape index (κ3) is 3.74. The molecule has 3 N–H and O–H groups in total. The molecule has 0 saturated heterocycles. The maximum Gasteiger partial charge on any atom is 0.413 e. The molecule has 0 aliphatic rings. The molecule has 0 aliphatic carbocycles. The van der Waals surface area contributed by atoms with Crippen LogP contribution in [0, 0.1) is 11.6 Å². The van der Waals surface area contributed by atoms with E-state index in [0.29, 0.717) is 12.1 Å². The van der Waals surface area contributed by atoms with E-state index in [0.717, 1.165) is 24.4 Å². The summed E-state index contributed by atoms with van der Waals surface area (Å²) in [5.41, 5.74) is 3.84. The van der Waals surface area contributed by atoms with Gasteiger partial charge in [-0.3, -0.25) is 4.79 Å². The van der Waals surface area contributed by atoms with Gasteiger partial charge in [-0.05, 0) is 24.3 Å². The van der Waals surface area contributed by atoms with E-state index in [1.54, 1.807) is 5.32 Å². The van der Waals surface area contributed by atoms with Crippen molar-refractivity contribution in [3.05, 3.63) is 59.3 Å². The Morgan fingerprint density at radius 2 is 1.78 bits per heavy atom. The third-order valence-electron chi connectivity index (χ3n) is 2.93. The zero-order chi connectivity index (χ0) is 17.2. The van der Waals surface area contributed by atoms with Gasteiger partial charge in [-0.15, -0.1) is 0 Å². The standard InChI is InChI=1S/C14H10F5N3O/c15-8-2-1-3-9(16)11(8)12(14(17,18)19)22-13(23)7-4-5-21-10(20)6-7/h1-6,12H,(H2,20,21)(H,22,23). The van der Waals surface area contributed by atoms with Crippen LogP contribution in [0.25, 0.3) is 0 Å². The van der Waals surface area contributed by atoms with Crippen LogP contribution in [-0.2, 0) is 0 Å². The summed E-state index contributed by atoms with van der Waals surface area (Å²) in [6, 6.07) is 1.59. The Balaban J connectivity index is 2.40. The fourth-order valence-corrected chi connectivity index (χ4v) is 1.91. The van der Waals surface area contributed by atoms with Crippen molar-refractivity contribution in [2.75, 3.05) is 5.73 Å². The number of amides is 1. The molecule has 122 valence electrons. The van der Waals surface area contributed by atoms with Gasteiger partial charge in [-0.2, -0.15) is 13.2 Å². The van der Waals surface area contributed by atoms with Gasteiger partial charge in [0.2, 0.25) is 0 Å². The Hall–Kier alpha value is -2.71. The number of hydrogen-bond donors (Lipinski definition) is 2. The van der Waals surface area contributed by atoms with E-state index >= 15 is 0 Å². The average molecular weight is 331 g/mol. The lowest BCUT2D eigenvalue weighted by Gasteiger charge is -2.23. The van der Waals surface area contributed by atoms with E-state index < -0.39 is 35.3 Å². The molecule has 0 radical (unpaired) electrons. The highest BCUT2D eigenvalue weighted by Gasteiger charge is 2.44. The number of halogens is 5. The molecule has 1 aromatic carbocycles. The molecule has 1 aromatic heterocycles. The number of carbonyl (C=O) groups is 1. The van der Waals surface area contributed by atoms with Crippen LogP contribution in [0.5, 0.6) is 0 Å². The zero-order valence-electron chi connectivity index (χ0n) is 11.4. The van der Waals surface area contributed by atoms with Gasteiger partial charge in [0.25, 0.3) is 5.91 Å². The summed E-state index contributed by atoms with van der Waals surface area (Å²) in [7, 11) is 0. The molecule has 2 aromatic rings. The van der Waals surface area contributed by atoms with Gasteiger partial charge in [-0.25, -0.2) is 13.8 Å². The highest BCUT2D eigenvalue weighted by molar-refractivity contribution is 5.95. The fourth-order valence-electron chi connectivity index (χ4n) is 1.91. The Bertz CT molecular complexity index is 712. The maximum atomic E-state index is 13.6. The zero-order valence-corrected chi connectivity index (χ0v) is 11.4. The number of rotatable bonds is 3. The van der Waals surface area contributed by atoms with Gasteiger partial charge < -0.3 is 11.1 Å². The topological polar surface area (TPSA) is 68.0 Å². The summed E-state index contributed by atoms with van der Waals surface area (Å²) in [6.45, 7) is 0. The van der Waals surface area contributed by atoms with E-state index in [4.69, 9.17) is 5.73 Å². The van der Waals surface area contributed by atoms with Crippen molar-refractivity contribution in [2.24, 2.45) is 0 Å². The molecule has 0 spiro atoms. The van der Waals surface area contributed by atoms with E-state index in [1.807, 2.05) is 0 Å². The first-order valence-corrected chi connectivity index (χ1v) is 6.23. The minimum Gasteiger partial charge on any atom is -0.384 e.